The molecule has 2 N–H and O–H groups in total. The monoisotopic (exact) mass is 319 g/mol. The van der Waals surface area contributed by atoms with Crippen molar-refractivity contribution >= 4 is 34.2 Å². The van der Waals surface area contributed by atoms with E-state index >= 15 is 0 Å². The van der Waals surface area contributed by atoms with E-state index in [0.717, 1.165) is 16.9 Å². The highest BCUT2D eigenvalue weighted by Gasteiger charge is 2.13. The van der Waals surface area contributed by atoms with Gasteiger partial charge in [-0.2, -0.15) is 0 Å². The summed E-state index contributed by atoms with van der Waals surface area (Å²) in [6, 6.07) is 14.3. The summed E-state index contributed by atoms with van der Waals surface area (Å²) < 4.78 is 1.92. The number of carboxylic acids is 1. The molecule has 2 heterocycles. The summed E-state index contributed by atoms with van der Waals surface area (Å²) in [5.74, 6) is 0.302. The number of hydrogen-bond donors (Lipinski definition) is 2. The Kier molecular flexibility index (Phi) is 3.13. The van der Waals surface area contributed by atoms with Crippen molar-refractivity contribution in [3.05, 3.63) is 59.9 Å². The van der Waals surface area contributed by atoms with Gasteiger partial charge in [-0.05, 0) is 37.3 Å². The number of nitrogens with zero attached hydrogens (tertiary/aromatic N) is 4. The highest BCUT2D eigenvalue weighted by atomic mass is 16.4. The van der Waals surface area contributed by atoms with Gasteiger partial charge in [0, 0.05) is 5.69 Å². The molecule has 0 aliphatic rings. The van der Waals surface area contributed by atoms with Crippen LogP contribution in [0.25, 0.3) is 16.7 Å². The van der Waals surface area contributed by atoms with E-state index in [1.54, 1.807) is 18.2 Å². The minimum atomic E-state index is -0.978. The normalized spacial score (nSPS) is 11.0. The second-order valence-corrected chi connectivity index (χ2v) is 5.37. The fourth-order valence-electron chi connectivity index (χ4n) is 2.67. The quantitative estimate of drug-likeness (QED) is 0.603. The molecule has 0 aliphatic heterocycles. The van der Waals surface area contributed by atoms with Crippen LogP contribution in [0.5, 0.6) is 0 Å². The van der Waals surface area contributed by atoms with Gasteiger partial charge in [0.1, 0.15) is 5.82 Å². The molecule has 7 nitrogen and oxygen atoms in total. The van der Waals surface area contributed by atoms with Crippen molar-refractivity contribution in [2.45, 2.75) is 6.92 Å². The maximum Gasteiger partial charge on any atom is 0.335 e. The lowest BCUT2D eigenvalue weighted by Crippen LogP contribution is -2.02. The predicted molar refractivity (Wildman–Crippen MR) is 89.7 cm³/mol. The van der Waals surface area contributed by atoms with Crippen LogP contribution in [0.1, 0.15) is 16.2 Å². The van der Waals surface area contributed by atoms with Gasteiger partial charge in [-0.3, -0.25) is 4.40 Å². The van der Waals surface area contributed by atoms with Crippen LogP contribution < -0.4 is 5.32 Å². The first-order valence-corrected chi connectivity index (χ1v) is 7.34. The molecular weight excluding hydrogens is 306 g/mol. The number of rotatable bonds is 3. The number of hydrogen-bond acceptors (Lipinski definition) is 5. The van der Waals surface area contributed by atoms with Gasteiger partial charge in [0.15, 0.2) is 5.82 Å². The minimum absolute atomic E-state index is 0.203. The summed E-state index contributed by atoms with van der Waals surface area (Å²) in [6.45, 7) is 1.88. The van der Waals surface area contributed by atoms with Gasteiger partial charge < -0.3 is 10.4 Å². The summed E-state index contributed by atoms with van der Waals surface area (Å²) in [6.07, 6.45) is 0. The third-order valence-electron chi connectivity index (χ3n) is 3.76. The van der Waals surface area contributed by atoms with Crippen LogP contribution in [0.15, 0.2) is 48.5 Å². The number of para-hydroxylation sites is 2. The van der Waals surface area contributed by atoms with E-state index in [2.05, 4.69) is 20.5 Å². The highest BCUT2D eigenvalue weighted by Crippen LogP contribution is 2.24. The van der Waals surface area contributed by atoms with Gasteiger partial charge in [0.2, 0.25) is 5.65 Å². The van der Waals surface area contributed by atoms with Crippen molar-refractivity contribution in [2.24, 2.45) is 0 Å². The van der Waals surface area contributed by atoms with Crippen LogP contribution in [0.2, 0.25) is 0 Å². The molecule has 2 aromatic heterocycles. The zero-order valence-electron chi connectivity index (χ0n) is 12.8. The maximum absolute atomic E-state index is 11.1. The molecule has 0 radical (unpaired) electrons. The van der Waals surface area contributed by atoms with E-state index in [9.17, 15) is 4.79 Å². The summed E-state index contributed by atoms with van der Waals surface area (Å²) >= 11 is 0. The zero-order valence-corrected chi connectivity index (χ0v) is 12.8. The first kappa shape index (κ1) is 14.1. The number of anilines is 2. The first-order valence-electron chi connectivity index (χ1n) is 7.34. The summed E-state index contributed by atoms with van der Waals surface area (Å²) in [5, 5.41) is 20.6. The standard InChI is InChI=1S/C17H13N5O2/c1-10-20-21-16-15(18-12-6-4-5-11(9-12)17(23)24)19-13-7-2-3-8-14(13)22(10)16/h2-9H,1H3,(H,18,19)(H,23,24). The van der Waals surface area contributed by atoms with Crippen molar-refractivity contribution in [3.8, 4) is 0 Å². The van der Waals surface area contributed by atoms with Gasteiger partial charge in [-0.25, -0.2) is 9.78 Å². The Morgan fingerprint density at radius 2 is 1.96 bits per heavy atom. The number of aryl methyl sites for hydroxylation is 1. The molecule has 0 unspecified atom stereocenters. The molecule has 0 spiro atoms. The van der Waals surface area contributed by atoms with E-state index in [1.807, 2.05) is 35.6 Å². The Labute approximate surface area is 136 Å². The molecule has 0 saturated carbocycles. The van der Waals surface area contributed by atoms with E-state index in [0.29, 0.717) is 17.2 Å². The number of aromatic nitrogens is 4. The Hall–Kier alpha value is -3.48. The van der Waals surface area contributed by atoms with E-state index in [1.165, 1.54) is 6.07 Å². The fraction of sp³-hybridized carbons (Fsp3) is 0.0588. The maximum atomic E-state index is 11.1. The number of benzene rings is 2. The van der Waals surface area contributed by atoms with Crippen molar-refractivity contribution in [1.29, 1.82) is 0 Å². The molecular formula is C17H13N5O2. The van der Waals surface area contributed by atoms with Crippen molar-refractivity contribution in [3.63, 3.8) is 0 Å². The van der Waals surface area contributed by atoms with Crippen molar-refractivity contribution < 1.29 is 9.90 Å². The lowest BCUT2D eigenvalue weighted by molar-refractivity contribution is 0.0697. The first-order chi connectivity index (χ1) is 11.6. The summed E-state index contributed by atoms with van der Waals surface area (Å²) in [5.41, 5.74) is 3.13. The number of nitrogens with one attached hydrogen (secondary N) is 1. The Bertz CT molecular complexity index is 1090. The lowest BCUT2D eigenvalue weighted by Gasteiger charge is -2.10. The van der Waals surface area contributed by atoms with E-state index < -0.39 is 5.97 Å². The second-order valence-electron chi connectivity index (χ2n) is 5.37. The van der Waals surface area contributed by atoms with Crippen LogP contribution in [0.3, 0.4) is 0 Å². The van der Waals surface area contributed by atoms with E-state index in [4.69, 9.17) is 5.11 Å². The number of carboxylic acid groups (broad SMARTS) is 1. The van der Waals surface area contributed by atoms with Crippen LogP contribution >= 0.6 is 0 Å². The number of aromatic carboxylic acids is 1. The van der Waals surface area contributed by atoms with Crippen LogP contribution in [-0.2, 0) is 0 Å². The third-order valence-corrected chi connectivity index (χ3v) is 3.76. The Morgan fingerprint density at radius 1 is 1.12 bits per heavy atom. The Morgan fingerprint density at radius 3 is 2.79 bits per heavy atom. The molecule has 4 rings (SSSR count). The molecule has 2 aromatic carbocycles. The van der Waals surface area contributed by atoms with Crippen molar-refractivity contribution in [2.75, 3.05) is 5.32 Å². The number of fused-ring (bicyclic) bond motifs is 3. The average molecular weight is 319 g/mol. The highest BCUT2D eigenvalue weighted by molar-refractivity contribution is 5.90. The van der Waals surface area contributed by atoms with Gasteiger partial charge >= 0.3 is 5.97 Å². The topological polar surface area (TPSA) is 92.4 Å². The second kappa shape index (κ2) is 5.31. The SMILES string of the molecule is Cc1nnc2c(Nc3cccc(C(=O)O)c3)nc3ccccc3n12. The predicted octanol–water partition coefficient (Wildman–Crippen LogP) is 3.03. The van der Waals surface area contributed by atoms with Crippen LogP contribution in [0.4, 0.5) is 11.5 Å². The van der Waals surface area contributed by atoms with Gasteiger partial charge in [-0.15, -0.1) is 10.2 Å². The van der Waals surface area contributed by atoms with Crippen LogP contribution in [0, 0.1) is 6.92 Å². The smallest absolute Gasteiger partial charge is 0.335 e. The van der Waals surface area contributed by atoms with Crippen LogP contribution in [-0.4, -0.2) is 30.7 Å². The fourth-order valence-corrected chi connectivity index (χ4v) is 2.67. The molecule has 4 aromatic rings. The molecule has 7 heteroatoms. The van der Waals surface area contributed by atoms with Gasteiger partial charge in [0.05, 0.1) is 16.6 Å². The van der Waals surface area contributed by atoms with Gasteiger partial charge in [-0.1, -0.05) is 18.2 Å². The largest absolute Gasteiger partial charge is 0.478 e. The molecule has 118 valence electrons. The molecule has 0 amide bonds. The average Bonchev–Trinajstić information content (AvgIpc) is 2.98. The molecule has 0 aliphatic carbocycles. The molecule has 0 atom stereocenters. The lowest BCUT2D eigenvalue weighted by atomic mass is 10.2. The minimum Gasteiger partial charge on any atom is -0.478 e. The van der Waals surface area contributed by atoms with Crippen molar-refractivity contribution in [1.82, 2.24) is 19.6 Å². The number of carbonyl (C=O) groups is 1. The third kappa shape index (κ3) is 2.23. The molecule has 0 saturated heterocycles. The van der Waals surface area contributed by atoms with Gasteiger partial charge in [0.25, 0.3) is 0 Å². The summed E-state index contributed by atoms with van der Waals surface area (Å²) in [4.78, 5) is 15.7. The zero-order chi connectivity index (χ0) is 16.7. The molecule has 0 fully saturated rings. The Balaban J connectivity index is 1.90. The molecule has 0 bridgehead atoms. The summed E-state index contributed by atoms with van der Waals surface area (Å²) in [7, 11) is 0. The van der Waals surface area contributed by atoms with E-state index in [-0.39, 0.29) is 5.56 Å². The molecule has 24 heavy (non-hydrogen) atoms.